The monoisotopic (exact) mass is 372 g/mol. The molecule has 8 heteroatoms. The Bertz CT molecular complexity index is 885. The standard InChI is InChI=1S/C19H18F2N4O2/c20-18(21)27-17-9-4-2-6-14(17)12-22-19(26)24-16-8-3-1-7-15(16)13-25-11-5-10-23-25/h1-11,18H,12-13H2,(H2,22,24,26). The van der Waals surface area contributed by atoms with E-state index in [2.05, 4.69) is 20.5 Å². The van der Waals surface area contributed by atoms with Crippen LogP contribution in [0.4, 0.5) is 19.3 Å². The van der Waals surface area contributed by atoms with Crippen LogP contribution in [0, 0.1) is 0 Å². The number of alkyl halides is 2. The first-order valence-electron chi connectivity index (χ1n) is 8.25. The number of urea groups is 1. The summed E-state index contributed by atoms with van der Waals surface area (Å²) in [6.45, 7) is -2.36. The molecule has 0 atom stereocenters. The Morgan fingerprint density at radius 3 is 2.56 bits per heavy atom. The van der Waals surface area contributed by atoms with Crippen molar-refractivity contribution in [2.45, 2.75) is 19.7 Å². The maximum atomic E-state index is 12.5. The van der Waals surface area contributed by atoms with Gasteiger partial charge in [-0.1, -0.05) is 36.4 Å². The van der Waals surface area contributed by atoms with E-state index in [-0.39, 0.29) is 12.3 Å². The molecule has 0 aliphatic rings. The van der Waals surface area contributed by atoms with E-state index in [1.54, 1.807) is 35.1 Å². The molecule has 2 N–H and O–H groups in total. The number of carbonyl (C=O) groups is 1. The van der Waals surface area contributed by atoms with Crippen molar-refractivity contribution < 1.29 is 18.3 Å². The molecule has 27 heavy (non-hydrogen) atoms. The SMILES string of the molecule is O=C(NCc1ccccc1OC(F)F)Nc1ccccc1Cn1cccn1. The number of anilines is 1. The smallest absolute Gasteiger partial charge is 0.387 e. The van der Waals surface area contributed by atoms with E-state index in [4.69, 9.17) is 0 Å². The van der Waals surface area contributed by atoms with Gasteiger partial charge in [-0.3, -0.25) is 4.68 Å². The molecule has 6 nitrogen and oxygen atoms in total. The summed E-state index contributed by atoms with van der Waals surface area (Å²) in [6.07, 6.45) is 3.51. The van der Waals surface area contributed by atoms with E-state index >= 15 is 0 Å². The molecule has 2 amide bonds. The molecule has 3 aromatic rings. The van der Waals surface area contributed by atoms with Crippen LogP contribution in [0.15, 0.2) is 67.0 Å². The van der Waals surface area contributed by atoms with Gasteiger partial charge < -0.3 is 15.4 Å². The van der Waals surface area contributed by atoms with Gasteiger partial charge in [0.1, 0.15) is 5.75 Å². The number of hydrogen-bond acceptors (Lipinski definition) is 3. The lowest BCUT2D eigenvalue weighted by Gasteiger charge is -2.14. The van der Waals surface area contributed by atoms with Gasteiger partial charge in [0, 0.05) is 30.2 Å². The molecule has 0 spiro atoms. The predicted octanol–water partition coefficient (Wildman–Crippen LogP) is 3.85. The summed E-state index contributed by atoms with van der Waals surface area (Å²) in [4.78, 5) is 12.2. The van der Waals surface area contributed by atoms with Crippen LogP contribution >= 0.6 is 0 Å². The summed E-state index contributed by atoms with van der Waals surface area (Å²) in [5.74, 6) is 0.0342. The Labute approximate surface area is 154 Å². The Kier molecular flexibility index (Phi) is 5.98. The van der Waals surface area contributed by atoms with Crippen molar-refractivity contribution in [3.63, 3.8) is 0 Å². The van der Waals surface area contributed by atoms with Gasteiger partial charge in [0.05, 0.1) is 6.54 Å². The summed E-state index contributed by atoms with van der Waals surface area (Å²) < 4.78 is 31.1. The summed E-state index contributed by atoms with van der Waals surface area (Å²) in [6, 6.07) is 15.1. The average Bonchev–Trinajstić information content (AvgIpc) is 3.15. The number of carbonyl (C=O) groups excluding carboxylic acids is 1. The Balaban J connectivity index is 1.62. The van der Waals surface area contributed by atoms with E-state index in [9.17, 15) is 13.6 Å². The maximum absolute atomic E-state index is 12.5. The second kappa shape index (κ2) is 8.79. The van der Waals surface area contributed by atoms with Gasteiger partial charge in [0.25, 0.3) is 0 Å². The zero-order valence-corrected chi connectivity index (χ0v) is 14.3. The number of rotatable bonds is 7. The van der Waals surface area contributed by atoms with Crippen molar-refractivity contribution in [2.75, 3.05) is 5.32 Å². The van der Waals surface area contributed by atoms with Gasteiger partial charge in [0.15, 0.2) is 0 Å². The van der Waals surface area contributed by atoms with Crippen LogP contribution in [0.25, 0.3) is 0 Å². The molecule has 3 rings (SSSR count). The van der Waals surface area contributed by atoms with Gasteiger partial charge >= 0.3 is 12.6 Å². The van der Waals surface area contributed by atoms with Crippen LogP contribution < -0.4 is 15.4 Å². The number of nitrogens with zero attached hydrogens (tertiary/aromatic N) is 2. The molecule has 0 aliphatic carbocycles. The highest BCUT2D eigenvalue weighted by molar-refractivity contribution is 5.90. The lowest BCUT2D eigenvalue weighted by atomic mass is 10.2. The number of benzene rings is 2. The third-order valence-corrected chi connectivity index (χ3v) is 3.79. The number of ether oxygens (including phenoxy) is 1. The van der Waals surface area contributed by atoms with E-state index in [1.807, 2.05) is 30.5 Å². The third-order valence-electron chi connectivity index (χ3n) is 3.79. The fourth-order valence-electron chi connectivity index (χ4n) is 2.55. The fourth-order valence-corrected chi connectivity index (χ4v) is 2.55. The largest absolute Gasteiger partial charge is 0.434 e. The van der Waals surface area contributed by atoms with Crippen LogP contribution in [0.3, 0.4) is 0 Å². The Hall–Kier alpha value is -3.42. The highest BCUT2D eigenvalue weighted by Gasteiger charge is 2.11. The zero-order chi connectivity index (χ0) is 19.1. The molecule has 1 heterocycles. The topological polar surface area (TPSA) is 68.2 Å². The van der Waals surface area contributed by atoms with E-state index < -0.39 is 12.6 Å². The average molecular weight is 372 g/mol. The first-order valence-corrected chi connectivity index (χ1v) is 8.25. The van der Waals surface area contributed by atoms with Crippen LogP contribution in [0.1, 0.15) is 11.1 Å². The van der Waals surface area contributed by atoms with Crippen molar-refractivity contribution in [2.24, 2.45) is 0 Å². The first-order chi connectivity index (χ1) is 13.1. The predicted molar refractivity (Wildman–Crippen MR) is 96.7 cm³/mol. The molecule has 0 radical (unpaired) electrons. The van der Waals surface area contributed by atoms with Gasteiger partial charge in [-0.15, -0.1) is 0 Å². The van der Waals surface area contributed by atoms with Gasteiger partial charge in [-0.05, 0) is 23.8 Å². The summed E-state index contributed by atoms with van der Waals surface area (Å²) in [5.41, 5.74) is 1.98. The quantitative estimate of drug-likeness (QED) is 0.662. The molecule has 140 valence electrons. The molecule has 0 unspecified atom stereocenters. The second-order valence-electron chi connectivity index (χ2n) is 5.65. The van der Waals surface area contributed by atoms with Crippen LogP contribution in [-0.4, -0.2) is 22.4 Å². The molecular weight excluding hydrogens is 354 g/mol. The van der Waals surface area contributed by atoms with Crippen molar-refractivity contribution in [1.82, 2.24) is 15.1 Å². The summed E-state index contributed by atoms with van der Waals surface area (Å²) >= 11 is 0. The highest BCUT2D eigenvalue weighted by Crippen LogP contribution is 2.20. The summed E-state index contributed by atoms with van der Waals surface area (Å²) in [7, 11) is 0. The minimum Gasteiger partial charge on any atom is -0.434 e. The maximum Gasteiger partial charge on any atom is 0.387 e. The minimum absolute atomic E-state index is 0.0342. The molecule has 0 aliphatic heterocycles. The van der Waals surface area contributed by atoms with Crippen LogP contribution in [0.2, 0.25) is 0 Å². The normalized spacial score (nSPS) is 10.6. The summed E-state index contributed by atoms with van der Waals surface area (Å²) in [5, 5.41) is 9.58. The van der Waals surface area contributed by atoms with Crippen molar-refractivity contribution in [3.05, 3.63) is 78.1 Å². The van der Waals surface area contributed by atoms with E-state index in [1.165, 1.54) is 6.07 Å². The van der Waals surface area contributed by atoms with Crippen LogP contribution in [0.5, 0.6) is 5.75 Å². The molecule has 0 saturated carbocycles. The van der Waals surface area contributed by atoms with Gasteiger partial charge in [-0.2, -0.15) is 13.9 Å². The lowest BCUT2D eigenvalue weighted by molar-refractivity contribution is -0.0504. The number of nitrogens with one attached hydrogen (secondary N) is 2. The lowest BCUT2D eigenvalue weighted by Crippen LogP contribution is -2.29. The molecule has 0 fully saturated rings. The third kappa shape index (κ3) is 5.27. The number of amides is 2. The Morgan fingerprint density at radius 1 is 1.07 bits per heavy atom. The first kappa shape index (κ1) is 18.4. The minimum atomic E-state index is -2.92. The van der Waals surface area contributed by atoms with E-state index in [0.717, 1.165) is 5.56 Å². The van der Waals surface area contributed by atoms with Crippen molar-refractivity contribution in [3.8, 4) is 5.75 Å². The van der Waals surface area contributed by atoms with Crippen molar-refractivity contribution >= 4 is 11.7 Å². The molecular formula is C19H18F2N4O2. The van der Waals surface area contributed by atoms with Gasteiger partial charge in [-0.25, -0.2) is 4.79 Å². The zero-order valence-electron chi connectivity index (χ0n) is 14.3. The van der Waals surface area contributed by atoms with Gasteiger partial charge in [0.2, 0.25) is 0 Å². The molecule has 0 saturated heterocycles. The highest BCUT2D eigenvalue weighted by atomic mass is 19.3. The number of para-hydroxylation sites is 2. The second-order valence-corrected chi connectivity index (χ2v) is 5.65. The van der Waals surface area contributed by atoms with E-state index in [0.29, 0.717) is 17.8 Å². The van der Waals surface area contributed by atoms with Crippen LogP contribution in [-0.2, 0) is 13.1 Å². The molecule has 2 aromatic carbocycles. The number of halogens is 2. The number of aromatic nitrogens is 2. The molecule has 0 bridgehead atoms. The van der Waals surface area contributed by atoms with Crippen molar-refractivity contribution in [1.29, 1.82) is 0 Å². The number of hydrogen-bond donors (Lipinski definition) is 2. The molecule has 1 aromatic heterocycles. The fraction of sp³-hybridized carbons (Fsp3) is 0.158. The Morgan fingerprint density at radius 2 is 1.81 bits per heavy atom.